The van der Waals surface area contributed by atoms with Crippen LogP contribution in [0.2, 0.25) is 0 Å². The fourth-order valence-corrected chi connectivity index (χ4v) is 3.85. The molecule has 30 heavy (non-hydrogen) atoms. The van der Waals surface area contributed by atoms with Gasteiger partial charge in [0.25, 0.3) is 5.89 Å². The Bertz CT molecular complexity index is 1250. The number of halogens is 1. The second-order valence-corrected chi connectivity index (χ2v) is 7.84. The van der Waals surface area contributed by atoms with Crippen molar-refractivity contribution in [1.82, 2.24) is 34.7 Å². The lowest BCUT2D eigenvalue weighted by Gasteiger charge is -2.33. The number of hydrogen-bond acceptors (Lipinski definition) is 6. The van der Waals surface area contributed by atoms with Crippen molar-refractivity contribution < 1.29 is 13.6 Å². The molecular formula is C20H20FN7O2. The number of H-pyrrole nitrogens is 1. The molecule has 1 aliphatic heterocycles. The summed E-state index contributed by atoms with van der Waals surface area (Å²) in [6, 6.07) is 5.28. The van der Waals surface area contributed by atoms with E-state index in [1.54, 1.807) is 15.7 Å². The smallest absolute Gasteiger partial charge is 0.312 e. The molecule has 1 unspecified atom stereocenters. The van der Waals surface area contributed by atoms with E-state index in [1.807, 2.05) is 31.3 Å². The number of amides is 1. The largest absolute Gasteiger partial charge is 0.413 e. The van der Waals surface area contributed by atoms with Crippen molar-refractivity contribution in [2.45, 2.75) is 38.9 Å². The van der Waals surface area contributed by atoms with Crippen molar-refractivity contribution in [1.29, 1.82) is 0 Å². The minimum absolute atomic E-state index is 0.233. The first-order valence-electron chi connectivity index (χ1n) is 9.64. The highest BCUT2D eigenvalue weighted by molar-refractivity contribution is 5.90. The molecule has 0 bridgehead atoms. The molecule has 1 N–H and O–H groups in total. The third kappa shape index (κ3) is 2.78. The maximum atomic E-state index is 14.2. The fraction of sp³-hybridized carbons (Fsp3) is 0.350. The summed E-state index contributed by atoms with van der Waals surface area (Å²) in [6.07, 6.45) is 4.08. The average molecular weight is 409 g/mol. The van der Waals surface area contributed by atoms with E-state index in [2.05, 4.69) is 20.2 Å². The van der Waals surface area contributed by atoms with Gasteiger partial charge < -0.3 is 14.3 Å². The van der Waals surface area contributed by atoms with E-state index in [9.17, 15) is 9.18 Å². The molecule has 0 saturated heterocycles. The van der Waals surface area contributed by atoms with E-state index in [-0.39, 0.29) is 11.8 Å². The number of aromatic amines is 1. The van der Waals surface area contributed by atoms with Crippen LogP contribution in [0.5, 0.6) is 0 Å². The van der Waals surface area contributed by atoms with Crippen LogP contribution in [0.1, 0.15) is 59.1 Å². The summed E-state index contributed by atoms with van der Waals surface area (Å²) in [5.74, 6) is -0.960. The Morgan fingerprint density at radius 1 is 1.30 bits per heavy atom. The minimum atomic E-state index is -1.83. The number of aryl methyl sites for hydroxylation is 1. The number of nitrogens with zero attached hydrogens (tertiary/aromatic N) is 6. The van der Waals surface area contributed by atoms with Gasteiger partial charge in [0, 0.05) is 30.4 Å². The SMILES string of the molecule is Cc1c(C2c3nc[nH]c3CCN2C(=O)c2nnc(C(C)(C)F)o2)nn2ccccc12. The van der Waals surface area contributed by atoms with Gasteiger partial charge in [-0.15, -0.1) is 10.2 Å². The summed E-state index contributed by atoms with van der Waals surface area (Å²) >= 11 is 0. The van der Waals surface area contributed by atoms with Gasteiger partial charge in [-0.3, -0.25) is 4.79 Å². The molecule has 1 atom stereocenters. The summed E-state index contributed by atoms with van der Waals surface area (Å²) in [6.45, 7) is 4.98. The van der Waals surface area contributed by atoms with Gasteiger partial charge in [-0.25, -0.2) is 13.9 Å². The second kappa shape index (κ2) is 6.48. The lowest BCUT2D eigenvalue weighted by atomic mass is 9.97. The normalized spacial score (nSPS) is 16.8. The number of rotatable bonds is 3. The first-order valence-corrected chi connectivity index (χ1v) is 9.64. The van der Waals surface area contributed by atoms with Crippen LogP contribution in [0.15, 0.2) is 35.1 Å². The number of fused-ring (bicyclic) bond motifs is 2. The molecule has 4 aromatic heterocycles. The maximum Gasteiger partial charge on any atom is 0.312 e. The lowest BCUT2D eigenvalue weighted by Crippen LogP contribution is -2.41. The predicted octanol–water partition coefficient (Wildman–Crippen LogP) is 2.74. The fourth-order valence-electron chi connectivity index (χ4n) is 3.85. The monoisotopic (exact) mass is 409 g/mol. The Balaban J connectivity index is 1.61. The van der Waals surface area contributed by atoms with Gasteiger partial charge in [-0.2, -0.15) is 5.10 Å². The number of aromatic nitrogens is 6. The van der Waals surface area contributed by atoms with E-state index in [1.165, 1.54) is 13.8 Å². The van der Waals surface area contributed by atoms with Crippen molar-refractivity contribution in [3.63, 3.8) is 0 Å². The summed E-state index contributed by atoms with van der Waals surface area (Å²) < 4.78 is 21.3. The second-order valence-electron chi connectivity index (χ2n) is 7.84. The number of pyridine rings is 1. The van der Waals surface area contributed by atoms with Crippen LogP contribution in [-0.4, -0.2) is 47.1 Å². The van der Waals surface area contributed by atoms with Gasteiger partial charge in [0.2, 0.25) is 0 Å². The zero-order chi connectivity index (χ0) is 21.0. The highest BCUT2D eigenvalue weighted by Gasteiger charge is 2.39. The molecule has 0 saturated carbocycles. The first kappa shape index (κ1) is 18.5. The lowest BCUT2D eigenvalue weighted by molar-refractivity contribution is 0.0635. The molecule has 4 aromatic rings. The quantitative estimate of drug-likeness (QED) is 0.558. The van der Waals surface area contributed by atoms with Gasteiger partial charge in [-0.05, 0) is 32.9 Å². The highest BCUT2D eigenvalue weighted by atomic mass is 19.1. The first-order chi connectivity index (χ1) is 14.3. The van der Waals surface area contributed by atoms with Crippen LogP contribution in [0, 0.1) is 6.92 Å². The Labute approximate surface area is 170 Å². The summed E-state index contributed by atoms with van der Waals surface area (Å²) in [5.41, 5.74) is 2.46. The minimum Gasteiger partial charge on any atom is -0.413 e. The molecule has 0 aliphatic carbocycles. The van der Waals surface area contributed by atoms with Gasteiger partial charge in [0.05, 0.1) is 23.2 Å². The van der Waals surface area contributed by atoms with Crippen LogP contribution in [0.25, 0.3) is 5.52 Å². The van der Waals surface area contributed by atoms with Gasteiger partial charge in [0.15, 0.2) is 5.67 Å². The van der Waals surface area contributed by atoms with Crippen LogP contribution in [-0.2, 0) is 12.1 Å². The molecule has 1 aliphatic rings. The van der Waals surface area contributed by atoms with Gasteiger partial charge in [-0.1, -0.05) is 6.07 Å². The summed E-state index contributed by atoms with van der Waals surface area (Å²) in [4.78, 5) is 22.5. The molecule has 154 valence electrons. The van der Waals surface area contributed by atoms with Gasteiger partial charge >= 0.3 is 11.8 Å². The number of hydrogen-bond donors (Lipinski definition) is 1. The molecular weight excluding hydrogens is 389 g/mol. The molecule has 5 heterocycles. The highest BCUT2D eigenvalue weighted by Crippen LogP contribution is 2.36. The number of carbonyl (C=O) groups is 1. The van der Waals surface area contributed by atoms with Crippen molar-refractivity contribution in [3.8, 4) is 0 Å². The topological polar surface area (TPSA) is 105 Å². The van der Waals surface area contributed by atoms with E-state index in [0.717, 1.165) is 22.5 Å². The van der Waals surface area contributed by atoms with E-state index >= 15 is 0 Å². The van der Waals surface area contributed by atoms with E-state index < -0.39 is 17.6 Å². The maximum absolute atomic E-state index is 14.2. The summed E-state index contributed by atoms with van der Waals surface area (Å²) in [5, 5.41) is 12.2. The number of imidazole rings is 1. The predicted molar refractivity (Wildman–Crippen MR) is 104 cm³/mol. The zero-order valence-electron chi connectivity index (χ0n) is 16.8. The average Bonchev–Trinajstić information content (AvgIpc) is 3.45. The molecule has 0 spiro atoms. The Morgan fingerprint density at radius 2 is 2.13 bits per heavy atom. The number of alkyl halides is 1. The van der Waals surface area contributed by atoms with Gasteiger partial charge in [0.1, 0.15) is 6.04 Å². The van der Waals surface area contributed by atoms with Crippen LogP contribution < -0.4 is 0 Å². The van der Waals surface area contributed by atoms with Crippen molar-refractivity contribution >= 4 is 11.4 Å². The van der Waals surface area contributed by atoms with Crippen molar-refractivity contribution in [2.24, 2.45) is 0 Å². The molecule has 0 fully saturated rings. The van der Waals surface area contributed by atoms with E-state index in [0.29, 0.717) is 18.7 Å². The van der Waals surface area contributed by atoms with Crippen LogP contribution in [0.4, 0.5) is 4.39 Å². The molecule has 0 radical (unpaired) electrons. The molecule has 9 nitrogen and oxygen atoms in total. The Kier molecular flexibility index (Phi) is 3.99. The molecule has 1 amide bonds. The van der Waals surface area contributed by atoms with Crippen LogP contribution >= 0.6 is 0 Å². The van der Waals surface area contributed by atoms with Crippen LogP contribution in [0.3, 0.4) is 0 Å². The third-order valence-electron chi connectivity index (χ3n) is 5.38. The number of nitrogens with one attached hydrogen (secondary N) is 1. The standard InChI is InChI=1S/C20H20FN7O2/c1-11-13-6-4-5-8-28(13)26-14(11)16-15-12(22-10-23-15)7-9-27(16)18(29)17-24-25-19(30-17)20(2,3)21/h4-6,8,10,16H,7,9H2,1-3H3,(H,22,23). The molecule has 5 rings (SSSR count). The number of carbonyl (C=O) groups excluding carboxylic acids is 1. The molecule has 0 aromatic carbocycles. The molecule has 10 heteroatoms. The Morgan fingerprint density at radius 3 is 2.87 bits per heavy atom. The Hall–Kier alpha value is -3.56. The summed E-state index contributed by atoms with van der Waals surface area (Å²) in [7, 11) is 0. The van der Waals surface area contributed by atoms with Crippen molar-refractivity contribution in [3.05, 3.63) is 65.1 Å². The van der Waals surface area contributed by atoms with E-state index in [4.69, 9.17) is 9.52 Å². The van der Waals surface area contributed by atoms with Crippen molar-refractivity contribution in [2.75, 3.05) is 6.54 Å². The zero-order valence-corrected chi connectivity index (χ0v) is 16.8. The third-order valence-corrected chi connectivity index (χ3v) is 5.38.